The maximum Gasteiger partial charge on any atom is 0.188 e. The Labute approximate surface area is 119 Å². The molecule has 0 radical (unpaired) electrons. The average molecular weight is 270 g/mol. The van der Waals surface area contributed by atoms with Gasteiger partial charge in [-0.1, -0.05) is 35.9 Å². The Morgan fingerprint density at radius 1 is 1.10 bits per heavy atom. The molecule has 0 spiro atoms. The predicted molar refractivity (Wildman–Crippen MR) is 78.2 cm³/mol. The van der Waals surface area contributed by atoms with Crippen molar-refractivity contribution in [3.8, 4) is 5.75 Å². The van der Waals surface area contributed by atoms with Crippen LogP contribution in [0, 0.1) is 6.92 Å². The molecule has 0 saturated carbocycles. The van der Waals surface area contributed by atoms with Crippen LogP contribution in [-0.4, -0.2) is 19.5 Å². The van der Waals surface area contributed by atoms with Gasteiger partial charge >= 0.3 is 0 Å². The quantitative estimate of drug-likeness (QED) is 0.755. The van der Waals surface area contributed by atoms with Crippen molar-refractivity contribution in [1.29, 1.82) is 0 Å². The molecule has 3 nitrogen and oxygen atoms in total. The molecule has 0 aromatic heterocycles. The largest absolute Gasteiger partial charge is 0.497 e. The maximum atomic E-state index is 11.9. The van der Waals surface area contributed by atoms with E-state index in [4.69, 9.17) is 9.47 Å². The van der Waals surface area contributed by atoms with Gasteiger partial charge in [0.05, 0.1) is 13.7 Å². The van der Waals surface area contributed by atoms with Gasteiger partial charge in [0.2, 0.25) is 0 Å². The number of aryl methyl sites for hydroxylation is 1. The van der Waals surface area contributed by atoms with Gasteiger partial charge in [0, 0.05) is 5.56 Å². The minimum Gasteiger partial charge on any atom is -0.497 e. The van der Waals surface area contributed by atoms with Crippen molar-refractivity contribution in [3.63, 3.8) is 0 Å². The first-order valence-electron chi connectivity index (χ1n) is 6.49. The zero-order chi connectivity index (χ0) is 14.4. The van der Waals surface area contributed by atoms with Crippen LogP contribution in [0.5, 0.6) is 5.75 Å². The van der Waals surface area contributed by atoms with Crippen LogP contribution in [0.1, 0.15) is 21.5 Å². The molecule has 2 aromatic carbocycles. The highest BCUT2D eigenvalue weighted by atomic mass is 16.5. The number of carbonyl (C=O) groups is 1. The molecule has 0 atom stereocenters. The number of carbonyl (C=O) groups excluding carboxylic acids is 1. The van der Waals surface area contributed by atoms with Gasteiger partial charge in [0.1, 0.15) is 12.4 Å². The van der Waals surface area contributed by atoms with Gasteiger partial charge in [-0.3, -0.25) is 4.79 Å². The smallest absolute Gasteiger partial charge is 0.188 e. The van der Waals surface area contributed by atoms with E-state index in [0.717, 1.165) is 16.9 Å². The van der Waals surface area contributed by atoms with E-state index in [1.165, 1.54) is 0 Å². The zero-order valence-corrected chi connectivity index (χ0v) is 11.8. The van der Waals surface area contributed by atoms with E-state index in [0.29, 0.717) is 12.2 Å². The first-order valence-corrected chi connectivity index (χ1v) is 6.49. The van der Waals surface area contributed by atoms with Gasteiger partial charge < -0.3 is 9.47 Å². The van der Waals surface area contributed by atoms with Gasteiger partial charge in [-0.05, 0) is 30.7 Å². The van der Waals surface area contributed by atoms with Gasteiger partial charge in [0.15, 0.2) is 5.78 Å². The van der Waals surface area contributed by atoms with Crippen molar-refractivity contribution in [3.05, 3.63) is 65.2 Å². The van der Waals surface area contributed by atoms with Crippen molar-refractivity contribution in [2.45, 2.75) is 13.5 Å². The lowest BCUT2D eigenvalue weighted by atomic mass is 10.1. The fourth-order valence-electron chi connectivity index (χ4n) is 1.89. The van der Waals surface area contributed by atoms with Crippen molar-refractivity contribution >= 4 is 5.78 Å². The summed E-state index contributed by atoms with van der Waals surface area (Å²) in [5, 5.41) is 0. The Kier molecular flexibility index (Phi) is 4.91. The van der Waals surface area contributed by atoms with Crippen LogP contribution < -0.4 is 4.74 Å². The summed E-state index contributed by atoms with van der Waals surface area (Å²) in [6, 6.07) is 15.1. The Bertz CT molecular complexity index is 573. The van der Waals surface area contributed by atoms with E-state index in [2.05, 4.69) is 0 Å². The van der Waals surface area contributed by atoms with Crippen LogP contribution in [0.2, 0.25) is 0 Å². The Morgan fingerprint density at radius 2 is 1.85 bits per heavy atom. The Hall–Kier alpha value is -2.13. The van der Waals surface area contributed by atoms with E-state index in [1.807, 2.05) is 55.5 Å². The number of Topliss-reactive ketones (excluding diaryl/α,β-unsaturated/α-hetero) is 1. The summed E-state index contributed by atoms with van der Waals surface area (Å²) in [6.45, 7) is 2.48. The van der Waals surface area contributed by atoms with E-state index in [-0.39, 0.29) is 12.4 Å². The monoisotopic (exact) mass is 270 g/mol. The molecule has 0 aliphatic carbocycles. The topological polar surface area (TPSA) is 35.5 Å². The SMILES string of the molecule is COc1ccc(COCC(=O)c2cccc(C)c2)cc1. The summed E-state index contributed by atoms with van der Waals surface area (Å²) in [5.74, 6) is 0.812. The van der Waals surface area contributed by atoms with Crippen molar-refractivity contribution in [2.24, 2.45) is 0 Å². The molecule has 0 fully saturated rings. The predicted octanol–water partition coefficient (Wildman–Crippen LogP) is 3.40. The van der Waals surface area contributed by atoms with Crippen molar-refractivity contribution in [1.82, 2.24) is 0 Å². The summed E-state index contributed by atoms with van der Waals surface area (Å²) in [5.41, 5.74) is 2.79. The molecule has 0 amide bonds. The highest BCUT2D eigenvalue weighted by molar-refractivity contribution is 5.97. The lowest BCUT2D eigenvalue weighted by molar-refractivity contribution is 0.0726. The molecule has 0 unspecified atom stereocenters. The molecule has 2 aromatic rings. The summed E-state index contributed by atoms with van der Waals surface area (Å²) in [4.78, 5) is 11.9. The van der Waals surface area contributed by atoms with Crippen LogP contribution in [-0.2, 0) is 11.3 Å². The average Bonchev–Trinajstić information content (AvgIpc) is 2.48. The molecule has 0 bridgehead atoms. The Morgan fingerprint density at radius 3 is 2.50 bits per heavy atom. The molecule has 20 heavy (non-hydrogen) atoms. The molecule has 2 rings (SSSR count). The standard InChI is InChI=1S/C17H18O3/c1-13-4-3-5-15(10-13)17(18)12-20-11-14-6-8-16(19-2)9-7-14/h3-10H,11-12H2,1-2H3. The third kappa shape index (κ3) is 3.93. The molecule has 0 saturated heterocycles. The number of hydrogen-bond donors (Lipinski definition) is 0. The molecule has 0 N–H and O–H groups in total. The molecule has 0 heterocycles. The molecular weight excluding hydrogens is 252 g/mol. The van der Waals surface area contributed by atoms with Crippen LogP contribution in [0.25, 0.3) is 0 Å². The molecule has 104 valence electrons. The number of ether oxygens (including phenoxy) is 2. The van der Waals surface area contributed by atoms with Crippen LogP contribution in [0.15, 0.2) is 48.5 Å². The van der Waals surface area contributed by atoms with Gasteiger partial charge in [-0.15, -0.1) is 0 Å². The second-order valence-electron chi connectivity index (χ2n) is 4.63. The van der Waals surface area contributed by atoms with E-state index < -0.39 is 0 Å². The summed E-state index contributed by atoms with van der Waals surface area (Å²) in [6.07, 6.45) is 0. The first-order chi connectivity index (χ1) is 9.69. The lowest BCUT2D eigenvalue weighted by Gasteiger charge is -2.06. The molecular formula is C17H18O3. The molecule has 3 heteroatoms. The third-order valence-corrected chi connectivity index (χ3v) is 3.00. The molecule has 0 aliphatic heterocycles. The number of benzene rings is 2. The normalized spacial score (nSPS) is 10.3. The fourth-order valence-corrected chi connectivity index (χ4v) is 1.89. The summed E-state index contributed by atoms with van der Waals surface area (Å²) < 4.78 is 10.5. The van der Waals surface area contributed by atoms with Gasteiger partial charge in [-0.2, -0.15) is 0 Å². The van der Waals surface area contributed by atoms with Crippen molar-refractivity contribution in [2.75, 3.05) is 13.7 Å². The number of rotatable bonds is 6. The molecule has 0 aliphatic rings. The third-order valence-electron chi connectivity index (χ3n) is 3.00. The van der Waals surface area contributed by atoms with Gasteiger partial charge in [-0.25, -0.2) is 0 Å². The number of hydrogen-bond acceptors (Lipinski definition) is 3. The highest BCUT2D eigenvalue weighted by Crippen LogP contribution is 2.12. The zero-order valence-electron chi connectivity index (χ0n) is 11.8. The fraction of sp³-hybridized carbons (Fsp3) is 0.235. The number of ketones is 1. The second-order valence-corrected chi connectivity index (χ2v) is 4.63. The minimum atomic E-state index is 0.00205. The summed E-state index contributed by atoms with van der Waals surface area (Å²) in [7, 11) is 1.63. The van der Waals surface area contributed by atoms with Crippen LogP contribution in [0.4, 0.5) is 0 Å². The van der Waals surface area contributed by atoms with Crippen LogP contribution in [0.3, 0.4) is 0 Å². The van der Waals surface area contributed by atoms with E-state index in [1.54, 1.807) is 7.11 Å². The first kappa shape index (κ1) is 14.3. The van der Waals surface area contributed by atoms with E-state index in [9.17, 15) is 4.79 Å². The summed E-state index contributed by atoms with van der Waals surface area (Å²) >= 11 is 0. The van der Waals surface area contributed by atoms with Gasteiger partial charge in [0.25, 0.3) is 0 Å². The van der Waals surface area contributed by atoms with Crippen molar-refractivity contribution < 1.29 is 14.3 Å². The minimum absolute atomic E-state index is 0.00205. The number of methoxy groups -OCH3 is 1. The highest BCUT2D eigenvalue weighted by Gasteiger charge is 2.06. The van der Waals surface area contributed by atoms with Crippen LogP contribution >= 0.6 is 0 Å². The second kappa shape index (κ2) is 6.87. The maximum absolute atomic E-state index is 11.9. The van der Waals surface area contributed by atoms with E-state index >= 15 is 0 Å². The Balaban J connectivity index is 1.84. The lowest BCUT2D eigenvalue weighted by Crippen LogP contribution is -2.09.